The number of nitrogens with one attached hydrogen (secondary N) is 1. The van der Waals surface area contributed by atoms with Crippen LogP contribution in [-0.2, 0) is 11.2 Å². The zero-order valence-corrected chi connectivity index (χ0v) is 11.6. The first kappa shape index (κ1) is 12.9. The summed E-state index contributed by atoms with van der Waals surface area (Å²) in [6, 6.07) is 9.10. The quantitative estimate of drug-likeness (QED) is 0.924. The molecule has 2 aromatic rings. The number of amides is 1. The number of ether oxygens (including phenoxy) is 1. The first-order valence-corrected chi connectivity index (χ1v) is 6.69. The van der Waals surface area contributed by atoms with Crippen LogP contribution >= 0.6 is 11.6 Å². The van der Waals surface area contributed by atoms with Crippen LogP contribution in [-0.4, -0.2) is 17.0 Å². The van der Waals surface area contributed by atoms with Crippen LogP contribution in [0.15, 0.2) is 36.5 Å². The molecule has 4 nitrogen and oxygen atoms in total. The fourth-order valence-corrected chi connectivity index (χ4v) is 2.37. The molecule has 5 heteroatoms. The lowest BCUT2D eigenvalue weighted by Crippen LogP contribution is -2.32. The first-order valence-electron chi connectivity index (χ1n) is 6.31. The molecule has 1 atom stereocenters. The lowest BCUT2D eigenvalue weighted by atomic mass is 10.1. The number of pyridine rings is 1. The maximum absolute atomic E-state index is 12.2. The minimum absolute atomic E-state index is 0.195. The van der Waals surface area contributed by atoms with Gasteiger partial charge in [0.15, 0.2) is 6.10 Å². The second-order valence-electron chi connectivity index (χ2n) is 4.72. The molecule has 20 heavy (non-hydrogen) atoms. The van der Waals surface area contributed by atoms with Crippen LogP contribution in [0.3, 0.4) is 0 Å². The summed E-state index contributed by atoms with van der Waals surface area (Å²) in [5.74, 6) is 1.08. The Labute approximate surface area is 121 Å². The van der Waals surface area contributed by atoms with Gasteiger partial charge in [0.05, 0.1) is 0 Å². The standard InChI is InChI=1S/C15H13ClN2O2/c1-9-3-2-6-17-14(9)18-15(19)13-8-10-7-11(16)4-5-12(10)20-13/h2-7,13H,8H2,1H3,(H,17,18,19)/t13-/m1/s1. The van der Waals surface area contributed by atoms with E-state index in [1.807, 2.05) is 25.1 Å². The van der Waals surface area contributed by atoms with E-state index in [0.717, 1.165) is 11.1 Å². The number of nitrogens with zero attached hydrogens (tertiary/aromatic N) is 1. The summed E-state index contributed by atoms with van der Waals surface area (Å²) in [6.45, 7) is 1.90. The van der Waals surface area contributed by atoms with Gasteiger partial charge in [-0.2, -0.15) is 0 Å². The lowest BCUT2D eigenvalue weighted by molar-refractivity contribution is -0.122. The molecule has 1 aliphatic rings. The molecule has 0 saturated carbocycles. The van der Waals surface area contributed by atoms with Crippen LogP contribution in [0, 0.1) is 6.92 Å². The summed E-state index contributed by atoms with van der Waals surface area (Å²) < 4.78 is 5.64. The second-order valence-corrected chi connectivity index (χ2v) is 5.16. The molecule has 2 heterocycles. The van der Waals surface area contributed by atoms with E-state index < -0.39 is 6.10 Å². The van der Waals surface area contributed by atoms with Crippen LogP contribution in [0.5, 0.6) is 5.75 Å². The zero-order chi connectivity index (χ0) is 14.1. The molecular formula is C15H13ClN2O2. The van der Waals surface area contributed by atoms with Crippen LogP contribution < -0.4 is 10.1 Å². The third-order valence-electron chi connectivity index (χ3n) is 3.24. The van der Waals surface area contributed by atoms with E-state index in [4.69, 9.17) is 16.3 Å². The summed E-state index contributed by atoms with van der Waals surface area (Å²) in [7, 11) is 0. The number of rotatable bonds is 2. The summed E-state index contributed by atoms with van der Waals surface area (Å²) in [4.78, 5) is 16.4. The summed E-state index contributed by atoms with van der Waals surface area (Å²) in [5.41, 5.74) is 1.87. The summed E-state index contributed by atoms with van der Waals surface area (Å²) in [6.07, 6.45) is 1.63. The first-order chi connectivity index (χ1) is 9.63. The maximum atomic E-state index is 12.2. The number of benzene rings is 1. The average molecular weight is 289 g/mol. The van der Waals surface area contributed by atoms with Gasteiger partial charge >= 0.3 is 0 Å². The van der Waals surface area contributed by atoms with Crippen LogP contribution in [0.1, 0.15) is 11.1 Å². The molecule has 0 saturated heterocycles. The Bertz CT molecular complexity index is 673. The summed E-state index contributed by atoms with van der Waals surface area (Å²) >= 11 is 5.94. The van der Waals surface area contributed by atoms with E-state index in [1.54, 1.807) is 18.3 Å². The highest BCUT2D eigenvalue weighted by Gasteiger charge is 2.29. The van der Waals surface area contributed by atoms with E-state index in [2.05, 4.69) is 10.3 Å². The van der Waals surface area contributed by atoms with Gasteiger partial charge in [-0.15, -0.1) is 0 Å². The number of aryl methyl sites for hydroxylation is 1. The van der Waals surface area contributed by atoms with Gasteiger partial charge in [-0.1, -0.05) is 17.7 Å². The predicted octanol–water partition coefficient (Wildman–Crippen LogP) is 2.99. The number of anilines is 1. The van der Waals surface area contributed by atoms with Gasteiger partial charge < -0.3 is 10.1 Å². The number of carbonyl (C=O) groups excluding carboxylic acids is 1. The highest BCUT2D eigenvalue weighted by atomic mass is 35.5. The largest absolute Gasteiger partial charge is 0.480 e. The van der Waals surface area contributed by atoms with Crippen LogP contribution in [0.25, 0.3) is 0 Å². The molecule has 3 rings (SSSR count). The molecule has 0 spiro atoms. The number of halogens is 1. The Balaban J connectivity index is 1.73. The van der Waals surface area contributed by atoms with Crippen molar-refractivity contribution in [1.82, 2.24) is 4.98 Å². The van der Waals surface area contributed by atoms with Crippen molar-refractivity contribution in [2.75, 3.05) is 5.32 Å². The van der Waals surface area contributed by atoms with E-state index in [1.165, 1.54) is 0 Å². The highest BCUT2D eigenvalue weighted by Crippen LogP contribution is 2.31. The minimum atomic E-state index is -0.537. The van der Waals surface area contributed by atoms with Crippen molar-refractivity contribution >= 4 is 23.3 Å². The van der Waals surface area contributed by atoms with Gasteiger partial charge in [-0.25, -0.2) is 4.98 Å². The van der Waals surface area contributed by atoms with Crippen molar-refractivity contribution in [3.8, 4) is 5.75 Å². The van der Waals surface area contributed by atoms with Crippen LogP contribution in [0.2, 0.25) is 5.02 Å². The van der Waals surface area contributed by atoms with E-state index in [0.29, 0.717) is 23.0 Å². The molecule has 1 aliphatic heterocycles. The molecule has 1 aromatic heterocycles. The van der Waals surface area contributed by atoms with Gasteiger partial charge in [0.2, 0.25) is 0 Å². The van der Waals surface area contributed by atoms with Crippen molar-refractivity contribution in [3.05, 3.63) is 52.7 Å². The Kier molecular flexibility index (Phi) is 3.32. The van der Waals surface area contributed by atoms with E-state index in [-0.39, 0.29) is 5.91 Å². The molecule has 0 bridgehead atoms. The third-order valence-corrected chi connectivity index (χ3v) is 3.48. The molecule has 0 radical (unpaired) electrons. The average Bonchev–Trinajstić information content (AvgIpc) is 2.84. The molecule has 0 fully saturated rings. The Morgan fingerprint density at radius 2 is 2.30 bits per heavy atom. The van der Waals surface area contributed by atoms with Gasteiger partial charge in [0, 0.05) is 17.6 Å². The Hall–Kier alpha value is -2.07. The van der Waals surface area contributed by atoms with Gasteiger partial charge in [0.25, 0.3) is 5.91 Å². The van der Waals surface area contributed by atoms with Crippen molar-refractivity contribution in [2.45, 2.75) is 19.4 Å². The predicted molar refractivity (Wildman–Crippen MR) is 77.2 cm³/mol. The van der Waals surface area contributed by atoms with Crippen LogP contribution in [0.4, 0.5) is 5.82 Å². The smallest absolute Gasteiger partial charge is 0.266 e. The van der Waals surface area contributed by atoms with Crippen molar-refractivity contribution < 1.29 is 9.53 Å². The van der Waals surface area contributed by atoms with Gasteiger partial charge in [0.1, 0.15) is 11.6 Å². The van der Waals surface area contributed by atoms with E-state index in [9.17, 15) is 4.79 Å². The molecule has 102 valence electrons. The van der Waals surface area contributed by atoms with Crippen molar-refractivity contribution in [3.63, 3.8) is 0 Å². The molecule has 1 amide bonds. The molecule has 1 aromatic carbocycles. The number of hydrogen-bond donors (Lipinski definition) is 1. The van der Waals surface area contributed by atoms with Crippen molar-refractivity contribution in [1.29, 1.82) is 0 Å². The normalized spacial score (nSPS) is 16.4. The SMILES string of the molecule is Cc1cccnc1NC(=O)[C@H]1Cc2cc(Cl)ccc2O1. The fourth-order valence-electron chi connectivity index (χ4n) is 2.18. The topological polar surface area (TPSA) is 51.2 Å². The number of fused-ring (bicyclic) bond motifs is 1. The third kappa shape index (κ3) is 2.47. The lowest BCUT2D eigenvalue weighted by Gasteiger charge is -2.12. The zero-order valence-electron chi connectivity index (χ0n) is 10.9. The minimum Gasteiger partial charge on any atom is -0.480 e. The second kappa shape index (κ2) is 5.13. The summed E-state index contributed by atoms with van der Waals surface area (Å²) in [5, 5.41) is 3.44. The number of hydrogen-bond acceptors (Lipinski definition) is 3. The fraction of sp³-hybridized carbons (Fsp3) is 0.200. The Morgan fingerprint density at radius 1 is 1.45 bits per heavy atom. The molecular weight excluding hydrogens is 276 g/mol. The van der Waals surface area contributed by atoms with Crippen molar-refractivity contribution in [2.24, 2.45) is 0 Å². The van der Waals surface area contributed by atoms with E-state index >= 15 is 0 Å². The maximum Gasteiger partial charge on any atom is 0.266 e. The number of carbonyl (C=O) groups is 1. The van der Waals surface area contributed by atoms with Gasteiger partial charge in [-0.05, 0) is 42.3 Å². The molecule has 0 unspecified atom stereocenters. The van der Waals surface area contributed by atoms with Gasteiger partial charge in [-0.3, -0.25) is 4.79 Å². The highest BCUT2D eigenvalue weighted by molar-refractivity contribution is 6.30. The molecule has 1 N–H and O–H groups in total. The monoisotopic (exact) mass is 288 g/mol. The molecule has 0 aliphatic carbocycles. The number of aromatic nitrogens is 1. The Morgan fingerprint density at radius 3 is 3.10 bits per heavy atom.